The molecule has 228 valence electrons. The van der Waals surface area contributed by atoms with E-state index in [2.05, 4.69) is 11.4 Å². The van der Waals surface area contributed by atoms with Crippen LogP contribution in [-0.2, 0) is 20.7 Å². The van der Waals surface area contributed by atoms with E-state index in [-0.39, 0.29) is 30.9 Å². The lowest BCUT2D eigenvalue weighted by Gasteiger charge is -2.58. The summed E-state index contributed by atoms with van der Waals surface area (Å²) in [6, 6.07) is 1.59. The third kappa shape index (κ3) is 4.59. The van der Waals surface area contributed by atoms with Crippen molar-refractivity contribution in [1.82, 2.24) is 10.2 Å². The maximum atomic E-state index is 12.6. The zero-order valence-corrected chi connectivity index (χ0v) is 26.9. The summed E-state index contributed by atoms with van der Waals surface area (Å²) in [6.07, 6.45) is 0.464. The highest BCUT2D eigenvalue weighted by Gasteiger charge is 2.57. The minimum atomic E-state index is -0.900. The smallest absolute Gasteiger partial charge is 0.333 e. The fraction of sp³-hybridized carbons (Fsp3) is 0.483. The number of phenols is 1. The molecular weight excluding hydrogens is 691 g/mol. The number of rotatable bonds is 5. The number of aromatic hydroxyl groups is 1. The molecule has 2 aromatic rings. The van der Waals surface area contributed by atoms with E-state index in [1.54, 1.807) is 29.5 Å². The molecule has 2 bridgehead atoms. The Kier molecular flexibility index (Phi) is 7.82. The van der Waals surface area contributed by atoms with E-state index in [0.717, 1.165) is 11.1 Å². The van der Waals surface area contributed by atoms with Gasteiger partial charge in [0, 0.05) is 46.5 Å². The van der Waals surface area contributed by atoms with E-state index in [9.17, 15) is 20.0 Å². The molecule has 0 amide bonds. The number of hydrogen-bond acceptors (Lipinski definition) is 13. The molecule has 7 atom stereocenters. The zero-order chi connectivity index (χ0) is 30.9. The van der Waals surface area contributed by atoms with Gasteiger partial charge >= 0.3 is 11.9 Å². The predicted octanol–water partition coefficient (Wildman–Crippen LogP) is 2.79. The Balaban J connectivity index is 1.62. The number of hydrogen-bond donors (Lipinski definition) is 4. The third-order valence-corrected chi connectivity index (χ3v) is 9.75. The summed E-state index contributed by atoms with van der Waals surface area (Å²) in [4.78, 5) is 27.0. The summed E-state index contributed by atoms with van der Waals surface area (Å²) in [6.45, 7) is 4.70. The molecule has 0 spiro atoms. The van der Waals surface area contributed by atoms with Crippen LogP contribution in [0.1, 0.15) is 57.6 Å². The van der Waals surface area contributed by atoms with Crippen LogP contribution in [0, 0.1) is 25.2 Å². The first-order valence-electron chi connectivity index (χ1n) is 13.7. The SMILES string of the molecule is COc1c(C)cc2c(c1O)C1NC(C2)[C@H](C#N)N2C1[C@H](S)c1c(OC(C)=O)c(C)c3c(c1[C@@H]2COC(=O)C(N)I)OCO3. The number of alkyl halides is 1. The number of methoxy groups -OCH3 is 1. The van der Waals surface area contributed by atoms with E-state index < -0.39 is 45.4 Å². The summed E-state index contributed by atoms with van der Waals surface area (Å²) in [5.41, 5.74) is 9.81. The Bertz CT molecular complexity index is 1580. The van der Waals surface area contributed by atoms with Gasteiger partial charge in [0.25, 0.3) is 0 Å². The van der Waals surface area contributed by atoms with E-state index in [1.165, 1.54) is 14.0 Å². The number of nitriles is 1. The minimum absolute atomic E-state index is 0.0103. The van der Waals surface area contributed by atoms with Crippen LogP contribution in [-0.4, -0.2) is 64.6 Å². The monoisotopic (exact) mass is 722 g/mol. The number of carbonyl (C=O) groups is 2. The van der Waals surface area contributed by atoms with Gasteiger partial charge < -0.3 is 39.8 Å². The first-order chi connectivity index (χ1) is 20.5. The van der Waals surface area contributed by atoms with Crippen molar-refractivity contribution in [3.63, 3.8) is 0 Å². The predicted molar refractivity (Wildman–Crippen MR) is 164 cm³/mol. The van der Waals surface area contributed by atoms with Crippen molar-refractivity contribution in [2.24, 2.45) is 5.73 Å². The van der Waals surface area contributed by atoms with Crippen molar-refractivity contribution in [2.45, 2.75) is 66.7 Å². The van der Waals surface area contributed by atoms with Gasteiger partial charge in [0.05, 0.1) is 25.3 Å². The molecule has 4 heterocycles. The number of esters is 2. The maximum Gasteiger partial charge on any atom is 0.333 e. The molecule has 4 N–H and O–H groups in total. The van der Waals surface area contributed by atoms with Crippen molar-refractivity contribution < 1.29 is 38.4 Å². The molecule has 4 aliphatic rings. The van der Waals surface area contributed by atoms with Crippen LogP contribution in [0.5, 0.6) is 28.7 Å². The van der Waals surface area contributed by atoms with Crippen LogP contribution in [0.2, 0.25) is 0 Å². The summed E-state index contributed by atoms with van der Waals surface area (Å²) < 4.78 is 28.0. The highest BCUT2D eigenvalue weighted by Crippen LogP contribution is 2.61. The Morgan fingerprint density at radius 2 is 2.00 bits per heavy atom. The number of aryl methyl sites for hydroxylation is 1. The Morgan fingerprint density at radius 1 is 1.28 bits per heavy atom. The number of benzene rings is 2. The first kappa shape index (κ1) is 30.1. The molecule has 4 unspecified atom stereocenters. The number of phenolic OH excluding ortho intramolecular Hbond substituents is 1. The van der Waals surface area contributed by atoms with Gasteiger partial charge in [-0.25, -0.2) is 4.79 Å². The number of nitrogens with two attached hydrogens (primary N) is 1. The summed E-state index contributed by atoms with van der Waals surface area (Å²) in [5, 5.41) is 25.1. The second-order valence-electron chi connectivity index (χ2n) is 11.0. The van der Waals surface area contributed by atoms with Gasteiger partial charge in [-0.15, -0.1) is 0 Å². The number of nitrogens with zero attached hydrogens (tertiary/aromatic N) is 2. The maximum absolute atomic E-state index is 12.6. The Morgan fingerprint density at radius 3 is 2.65 bits per heavy atom. The van der Waals surface area contributed by atoms with Crippen LogP contribution in [0.4, 0.5) is 0 Å². The van der Waals surface area contributed by atoms with E-state index in [0.29, 0.717) is 45.9 Å². The molecule has 4 aliphatic heterocycles. The molecule has 0 saturated carbocycles. The second-order valence-corrected chi connectivity index (χ2v) is 12.9. The van der Waals surface area contributed by atoms with Crippen molar-refractivity contribution >= 4 is 47.2 Å². The van der Waals surface area contributed by atoms with E-state index in [4.69, 9.17) is 42.0 Å². The molecular formula is C29H31IN4O8S. The van der Waals surface area contributed by atoms with E-state index >= 15 is 0 Å². The van der Waals surface area contributed by atoms with Crippen molar-refractivity contribution in [3.05, 3.63) is 39.4 Å². The molecule has 2 aromatic carbocycles. The lowest BCUT2D eigenvalue weighted by Crippen LogP contribution is -2.68. The fourth-order valence-electron chi connectivity index (χ4n) is 7.13. The lowest BCUT2D eigenvalue weighted by molar-refractivity contribution is -0.146. The normalized spacial score (nSPS) is 27.2. The standard InChI is InChI=1S/C29H31IN4O8S/c1-10-5-13-6-14-15(7-31)34-16(8-39-29(37)28(30)32)18-19(24(42-12(3)35)11(2)25-26(18)41-9-40-25)27(43)21(34)20(33-14)17(13)22(36)23(10)38-4/h5,14-16,20-21,27-28,33,36,43H,6,8-9,32H2,1-4H3/t14?,15-,16-,20?,21?,27+,28?/m0/s1. The Hall–Kier alpha value is -2.97. The van der Waals surface area contributed by atoms with Gasteiger partial charge in [-0.1, -0.05) is 28.7 Å². The van der Waals surface area contributed by atoms with Crippen LogP contribution < -0.4 is 30.0 Å². The molecule has 12 nitrogen and oxygen atoms in total. The van der Waals surface area contributed by atoms with Crippen molar-refractivity contribution in [2.75, 3.05) is 20.5 Å². The number of carbonyl (C=O) groups excluding carboxylic acids is 2. The van der Waals surface area contributed by atoms with E-state index in [1.807, 2.05) is 17.9 Å². The molecule has 0 radical (unpaired) electrons. The van der Waals surface area contributed by atoms with Gasteiger partial charge in [-0.2, -0.15) is 17.9 Å². The quantitative estimate of drug-likeness (QED) is 0.0893. The molecule has 1 saturated heterocycles. The van der Waals surface area contributed by atoms with Gasteiger partial charge in [0.1, 0.15) is 18.4 Å². The number of halogens is 1. The Labute approximate surface area is 267 Å². The number of thiol groups is 1. The number of nitrogens with one attached hydrogen (secondary N) is 1. The zero-order valence-electron chi connectivity index (χ0n) is 23.8. The lowest BCUT2D eigenvalue weighted by atomic mass is 9.72. The molecule has 14 heteroatoms. The molecule has 0 aliphatic carbocycles. The van der Waals surface area contributed by atoms with Crippen molar-refractivity contribution in [3.8, 4) is 34.8 Å². The summed E-state index contributed by atoms with van der Waals surface area (Å²) in [7, 11) is 1.50. The highest BCUT2D eigenvalue weighted by molar-refractivity contribution is 14.1. The van der Waals surface area contributed by atoms with Gasteiger partial charge in [-0.05, 0) is 31.4 Å². The first-order valence-corrected chi connectivity index (χ1v) is 15.5. The number of ether oxygens (including phenoxy) is 5. The van der Waals surface area contributed by atoms with Crippen LogP contribution in [0.15, 0.2) is 6.07 Å². The fourth-order valence-corrected chi connectivity index (χ4v) is 7.89. The average molecular weight is 723 g/mol. The van der Waals surface area contributed by atoms with Crippen molar-refractivity contribution in [1.29, 1.82) is 5.26 Å². The molecule has 6 rings (SSSR count). The molecule has 1 fully saturated rings. The summed E-state index contributed by atoms with van der Waals surface area (Å²) in [5.74, 6) is 0.302. The average Bonchev–Trinajstić information content (AvgIpc) is 3.44. The van der Waals surface area contributed by atoms with Gasteiger partial charge in [0.2, 0.25) is 6.79 Å². The van der Waals surface area contributed by atoms with Gasteiger partial charge in [-0.3, -0.25) is 9.69 Å². The minimum Gasteiger partial charge on any atom is -0.504 e. The largest absolute Gasteiger partial charge is 0.504 e. The topological polar surface area (TPSA) is 166 Å². The van der Waals surface area contributed by atoms with Gasteiger partial charge in [0.15, 0.2) is 27.0 Å². The van der Waals surface area contributed by atoms with Crippen LogP contribution in [0.25, 0.3) is 0 Å². The number of piperazine rings is 1. The third-order valence-electron chi connectivity index (χ3n) is 8.67. The van der Waals surface area contributed by atoms with Crippen LogP contribution >= 0.6 is 35.2 Å². The summed E-state index contributed by atoms with van der Waals surface area (Å²) >= 11 is 6.92. The second kappa shape index (κ2) is 11.2. The molecule has 0 aromatic heterocycles. The highest BCUT2D eigenvalue weighted by atomic mass is 127. The number of fused-ring (bicyclic) bond motifs is 9. The molecule has 43 heavy (non-hydrogen) atoms. The van der Waals surface area contributed by atoms with Crippen LogP contribution in [0.3, 0.4) is 0 Å².